The average molecular weight is 332 g/mol. The Morgan fingerprint density at radius 1 is 1.56 bits per heavy atom. The summed E-state index contributed by atoms with van der Waals surface area (Å²) >= 11 is 2.20. The molecule has 2 rings (SSSR count). The highest BCUT2D eigenvalue weighted by Gasteiger charge is 2.24. The van der Waals surface area contributed by atoms with Crippen molar-refractivity contribution in [3.63, 3.8) is 0 Å². The summed E-state index contributed by atoms with van der Waals surface area (Å²) in [6, 6.07) is 7.49. The number of aliphatic hydroxyl groups excluding tert-OH is 1. The zero-order chi connectivity index (χ0) is 11.5. The van der Waals surface area contributed by atoms with Gasteiger partial charge in [0.15, 0.2) is 0 Å². The van der Waals surface area contributed by atoms with Gasteiger partial charge in [0.25, 0.3) is 0 Å². The second-order valence-electron chi connectivity index (χ2n) is 3.83. The minimum Gasteiger partial charge on any atom is -0.391 e. The van der Waals surface area contributed by atoms with Crippen molar-refractivity contribution in [2.24, 2.45) is 0 Å². The van der Waals surface area contributed by atoms with Gasteiger partial charge in [0.2, 0.25) is 0 Å². The van der Waals surface area contributed by atoms with Crippen molar-refractivity contribution in [2.45, 2.75) is 12.5 Å². The molecule has 1 aromatic carbocycles. The third kappa shape index (κ3) is 2.85. The van der Waals surface area contributed by atoms with Gasteiger partial charge in [-0.2, -0.15) is 0 Å². The van der Waals surface area contributed by atoms with E-state index in [0.29, 0.717) is 19.5 Å². The molecule has 0 bridgehead atoms. The predicted molar refractivity (Wildman–Crippen MR) is 70.4 cm³/mol. The van der Waals surface area contributed by atoms with E-state index < -0.39 is 0 Å². The molecule has 5 heteroatoms. The van der Waals surface area contributed by atoms with Crippen LogP contribution in [0.5, 0.6) is 0 Å². The Bertz CT molecular complexity index is 397. The van der Waals surface area contributed by atoms with Crippen molar-refractivity contribution >= 4 is 34.3 Å². The van der Waals surface area contributed by atoms with Crippen molar-refractivity contribution in [1.82, 2.24) is 4.90 Å². The van der Waals surface area contributed by atoms with Crippen LogP contribution in [-0.4, -0.2) is 35.2 Å². The van der Waals surface area contributed by atoms with E-state index in [1.54, 1.807) is 4.90 Å². The molecule has 0 unspecified atom stereocenters. The van der Waals surface area contributed by atoms with Gasteiger partial charge < -0.3 is 15.3 Å². The number of nitrogens with one attached hydrogen (secondary N) is 1. The van der Waals surface area contributed by atoms with E-state index in [4.69, 9.17) is 0 Å². The molecule has 1 atom stereocenters. The number of urea groups is 1. The standard InChI is InChI=1S/C11H13IN2O2/c12-8-2-1-3-9(6-8)13-11(16)14-5-4-10(15)7-14/h1-3,6,10,15H,4-5,7H2,(H,13,16)/t10-/m1/s1. The van der Waals surface area contributed by atoms with Crippen molar-refractivity contribution in [1.29, 1.82) is 0 Å². The number of aliphatic hydroxyl groups is 1. The molecule has 0 saturated carbocycles. The maximum absolute atomic E-state index is 11.8. The summed E-state index contributed by atoms with van der Waals surface area (Å²) in [5.41, 5.74) is 0.790. The molecule has 0 radical (unpaired) electrons. The number of likely N-dealkylation sites (tertiary alicyclic amines) is 1. The summed E-state index contributed by atoms with van der Waals surface area (Å²) in [4.78, 5) is 13.4. The molecular weight excluding hydrogens is 319 g/mol. The normalized spacial score (nSPS) is 19.9. The van der Waals surface area contributed by atoms with Gasteiger partial charge in [0.1, 0.15) is 0 Å². The van der Waals surface area contributed by atoms with E-state index in [-0.39, 0.29) is 12.1 Å². The van der Waals surface area contributed by atoms with Crippen LogP contribution in [0.3, 0.4) is 0 Å². The van der Waals surface area contributed by atoms with Gasteiger partial charge in [-0.25, -0.2) is 4.79 Å². The number of nitrogens with zero attached hydrogens (tertiary/aromatic N) is 1. The molecule has 1 heterocycles. The van der Waals surface area contributed by atoms with Crippen LogP contribution in [0.1, 0.15) is 6.42 Å². The molecule has 0 spiro atoms. The van der Waals surface area contributed by atoms with Gasteiger partial charge in [-0.1, -0.05) is 6.07 Å². The largest absolute Gasteiger partial charge is 0.391 e. The average Bonchev–Trinajstić information content (AvgIpc) is 2.65. The number of β-amino-alcohol motifs (C(OH)–C–C–N with tert-alkyl or cyclic N) is 1. The Hall–Kier alpha value is -0.820. The van der Waals surface area contributed by atoms with E-state index in [1.807, 2.05) is 24.3 Å². The molecule has 1 aliphatic heterocycles. The lowest BCUT2D eigenvalue weighted by atomic mass is 10.3. The van der Waals surface area contributed by atoms with Gasteiger partial charge in [-0.05, 0) is 47.2 Å². The summed E-state index contributed by atoms with van der Waals surface area (Å²) in [6.45, 7) is 1.05. The van der Waals surface area contributed by atoms with Crippen LogP contribution in [0.4, 0.5) is 10.5 Å². The maximum Gasteiger partial charge on any atom is 0.321 e. The summed E-state index contributed by atoms with van der Waals surface area (Å²) in [6.07, 6.45) is 0.293. The number of anilines is 1. The monoisotopic (exact) mass is 332 g/mol. The van der Waals surface area contributed by atoms with Gasteiger partial charge in [-0.3, -0.25) is 0 Å². The van der Waals surface area contributed by atoms with Crippen LogP contribution < -0.4 is 5.32 Å². The summed E-state index contributed by atoms with van der Waals surface area (Å²) < 4.78 is 1.08. The molecule has 0 aromatic heterocycles. The number of hydrogen-bond acceptors (Lipinski definition) is 2. The fourth-order valence-corrected chi connectivity index (χ4v) is 2.24. The number of amides is 2. The molecule has 1 fully saturated rings. The fourth-order valence-electron chi connectivity index (χ4n) is 1.70. The number of carbonyl (C=O) groups excluding carboxylic acids is 1. The molecule has 0 aliphatic carbocycles. The van der Waals surface area contributed by atoms with Crippen molar-refractivity contribution in [3.8, 4) is 0 Å². The summed E-state index contributed by atoms with van der Waals surface area (Å²) in [7, 11) is 0. The Morgan fingerprint density at radius 2 is 2.38 bits per heavy atom. The minimum atomic E-state index is -0.373. The lowest BCUT2D eigenvalue weighted by Crippen LogP contribution is -2.33. The Kier molecular flexibility index (Phi) is 3.65. The van der Waals surface area contributed by atoms with Crippen molar-refractivity contribution in [2.75, 3.05) is 18.4 Å². The molecule has 86 valence electrons. The molecule has 2 amide bonds. The first kappa shape index (κ1) is 11.7. The van der Waals surface area contributed by atoms with Gasteiger partial charge in [0, 0.05) is 22.3 Å². The number of carbonyl (C=O) groups is 1. The topological polar surface area (TPSA) is 52.6 Å². The first-order valence-corrected chi connectivity index (χ1v) is 6.22. The van der Waals surface area contributed by atoms with E-state index >= 15 is 0 Å². The maximum atomic E-state index is 11.8. The predicted octanol–water partition coefficient (Wildman–Crippen LogP) is 1.89. The zero-order valence-electron chi connectivity index (χ0n) is 8.69. The lowest BCUT2D eigenvalue weighted by molar-refractivity contribution is 0.176. The second kappa shape index (κ2) is 5.01. The van der Waals surface area contributed by atoms with Crippen LogP contribution in [0.15, 0.2) is 24.3 Å². The molecule has 1 saturated heterocycles. The van der Waals surface area contributed by atoms with E-state index in [2.05, 4.69) is 27.9 Å². The minimum absolute atomic E-state index is 0.140. The third-order valence-corrected chi connectivity index (χ3v) is 3.20. The molecule has 4 nitrogen and oxygen atoms in total. The van der Waals surface area contributed by atoms with Crippen molar-refractivity contribution < 1.29 is 9.90 Å². The highest BCUT2D eigenvalue weighted by molar-refractivity contribution is 14.1. The lowest BCUT2D eigenvalue weighted by Gasteiger charge is -2.16. The van der Waals surface area contributed by atoms with E-state index in [9.17, 15) is 9.90 Å². The highest BCUT2D eigenvalue weighted by atomic mass is 127. The zero-order valence-corrected chi connectivity index (χ0v) is 10.8. The number of rotatable bonds is 1. The Balaban J connectivity index is 1.97. The molecule has 16 heavy (non-hydrogen) atoms. The Labute approximate surface area is 108 Å². The van der Waals surface area contributed by atoms with Gasteiger partial charge >= 0.3 is 6.03 Å². The highest BCUT2D eigenvalue weighted by Crippen LogP contribution is 2.15. The number of hydrogen-bond donors (Lipinski definition) is 2. The first-order valence-electron chi connectivity index (χ1n) is 5.15. The SMILES string of the molecule is O=C(Nc1cccc(I)c1)N1CC[C@@H](O)C1. The van der Waals surface area contributed by atoms with Crippen LogP contribution >= 0.6 is 22.6 Å². The number of benzene rings is 1. The summed E-state index contributed by atoms with van der Waals surface area (Å²) in [5.74, 6) is 0. The Morgan fingerprint density at radius 3 is 3.00 bits per heavy atom. The first-order chi connectivity index (χ1) is 7.65. The smallest absolute Gasteiger partial charge is 0.321 e. The molecule has 2 N–H and O–H groups in total. The van der Waals surface area contributed by atoms with Crippen LogP contribution in [0.25, 0.3) is 0 Å². The molecule has 1 aliphatic rings. The number of halogens is 1. The molecular formula is C11H13IN2O2. The van der Waals surface area contributed by atoms with Crippen LogP contribution in [0, 0.1) is 3.57 Å². The summed E-state index contributed by atoms with van der Waals surface area (Å²) in [5, 5.41) is 12.2. The molecule has 1 aromatic rings. The quantitative estimate of drug-likeness (QED) is 0.772. The van der Waals surface area contributed by atoms with Gasteiger partial charge in [0.05, 0.1) is 6.10 Å². The van der Waals surface area contributed by atoms with Crippen LogP contribution in [0.2, 0.25) is 0 Å². The second-order valence-corrected chi connectivity index (χ2v) is 5.07. The van der Waals surface area contributed by atoms with E-state index in [1.165, 1.54) is 0 Å². The fraction of sp³-hybridized carbons (Fsp3) is 0.364. The third-order valence-electron chi connectivity index (χ3n) is 2.53. The van der Waals surface area contributed by atoms with Crippen molar-refractivity contribution in [3.05, 3.63) is 27.8 Å². The van der Waals surface area contributed by atoms with E-state index in [0.717, 1.165) is 9.26 Å². The van der Waals surface area contributed by atoms with Crippen LogP contribution in [-0.2, 0) is 0 Å². The van der Waals surface area contributed by atoms with Gasteiger partial charge in [-0.15, -0.1) is 0 Å².